The van der Waals surface area contributed by atoms with Crippen LogP contribution in [0.3, 0.4) is 0 Å². The maximum Gasteiger partial charge on any atom is 0.124 e. The third-order valence-electron chi connectivity index (χ3n) is 3.35. The van der Waals surface area contributed by atoms with Crippen molar-refractivity contribution in [3.63, 3.8) is 0 Å². The Kier molecular flexibility index (Phi) is 4.62. The molecule has 1 fully saturated rings. The lowest BCUT2D eigenvalue weighted by molar-refractivity contribution is -0.0160. The first-order chi connectivity index (χ1) is 8.56. The molecule has 0 saturated carbocycles. The van der Waals surface area contributed by atoms with Crippen LogP contribution in [0.15, 0.2) is 22.7 Å². The van der Waals surface area contributed by atoms with E-state index >= 15 is 0 Å². The monoisotopic (exact) mass is 315 g/mol. The van der Waals surface area contributed by atoms with Crippen molar-refractivity contribution in [1.29, 1.82) is 0 Å². The summed E-state index contributed by atoms with van der Waals surface area (Å²) in [5.41, 5.74) is 0.950. The molecule has 1 aliphatic heterocycles. The van der Waals surface area contributed by atoms with Crippen LogP contribution in [0, 0.1) is 11.7 Å². The predicted octanol–water partition coefficient (Wildman–Crippen LogP) is 4.20. The summed E-state index contributed by atoms with van der Waals surface area (Å²) in [7, 11) is 0. The van der Waals surface area contributed by atoms with E-state index in [4.69, 9.17) is 4.74 Å². The highest BCUT2D eigenvalue weighted by molar-refractivity contribution is 9.10. The maximum atomic E-state index is 13.0. The topological polar surface area (TPSA) is 21.3 Å². The zero-order valence-corrected chi connectivity index (χ0v) is 12.3. The second-order valence-corrected chi connectivity index (χ2v) is 6.00. The van der Waals surface area contributed by atoms with E-state index in [0.717, 1.165) is 29.6 Å². The molecule has 1 saturated heterocycles. The van der Waals surface area contributed by atoms with Gasteiger partial charge in [0.25, 0.3) is 0 Å². The molecule has 18 heavy (non-hydrogen) atoms. The first-order valence-corrected chi connectivity index (χ1v) is 7.18. The molecule has 0 radical (unpaired) electrons. The van der Waals surface area contributed by atoms with E-state index in [-0.39, 0.29) is 5.82 Å². The van der Waals surface area contributed by atoms with Crippen LogP contribution >= 0.6 is 15.9 Å². The fraction of sp³-hybridized carbons (Fsp3) is 0.571. The molecule has 0 amide bonds. The predicted molar refractivity (Wildman–Crippen MR) is 75.3 cm³/mol. The van der Waals surface area contributed by atoms with Gasteiger partial charge in [0.1, 0.15) is 5.82 Å². The fourth-order valence-electron chi connectivity index (χ4n) is 2.25. The first-order valence-electron chi connectivity index (χ1n) is 6.39. The van der Waals surface area contributed by atoms with Gasteiger partial charge in [-0.3, -0.25) is 0 Å². The zero-order valence-electron chi connectivity index (χ0n) is 10.7. The van der Waals surface area contributed by atoms with Crippen molar-refractivity contribution in [2.75, 3.05) is 11.9 Å². The van der Waals surface area contributed by atoms with Gasteiger partial charge in [-0.15, -0.1) is 0 Å². The molecule has 2 atom stereocenters. The lowest BCUT2D eigenvalue weighted by Gasteiger charge is -2.33. The molecule has 1 aliphatic rings. The first kappa shape index (κ1) is 13.8. The van der Waals surface area contributed by atoms with E-state index in [9.17, 15) is 4.39 Å². The molecular weight excluding hydrogens is 297 g/mol. The van der Waals surface area contributed by atoms with Crippen molar-refractivity contribution in [2.24, 2.45) is 5.92 Å². The fourth-order valence-corrected chi connectivity index (χ4v) is 2.72. The molecule has 0 aliphatic carbocycles. The van der Waals surface area contributed by atoms with Crippen LogP contribution < -0.4 is 5.32 Å². The van der Waals surface area contributed by atoms with Crippen molar-refractivity contribution in [3.05, 3.63) is 28.5 Å². The van der Waals surface area contributed by atoms with Crippen molar-refractivity contribution in [1.82, 2.24) is 0 Å². The number of halogens is 2. The van der Waals surface area contributed by atoms with E-state index in [1.807, 2.05) is 0 Å². The Bertz CT molecular complexity index is 411. The highest BCUT2D eigenvalue weighted by Gasteiger charge is 2.25. The molecule has 2 rings (SSSR count). The lowest BCUT2D eigenvalue weighted by Crippen LogP contribution is -2.36. The van der Waals surface area contributed by atoms with E-state index in [0.29, 0.717) is 18.1 Å². The second kappa shape index (κ2) is 6.02. The molecule has 0 aromatic heterocycles. The molecule has 1 N–H and O–H groups in total. The minimum atomic E-state index is -0.223. The molecule has 100 valence electrons. The van der Waals surface area contributed by atoms with Crippen LogP contribution in [0.5, 0.6) is 0 Å². The summed E-state index contributed by atoms with van der Waals surface area (Å²) < 4.78 is 19.5. The van der Waals surface area contributed by atoms with Crippen LogP contribution in [0.25, 0.3) is 0 Å². The largest absolute Gasteiger partial charge is 0.381 e. The zero-order chi connectivity index (χ0) is 13.1. The molecule has 4 heteroatoms. The minimum absolute atomic E-state index is 0.223. The average Bonchev–Trinajstić information content (AvgIpc) is 2.33. The number of benzene rings is 1. The smallest absolute Gasteiger partial charge is 0.124 e. The van der Waals surface area contributed by atoms with Crippen LogP contribution in [-0.4, -0.2) is 18.8 Å². The highest BCUT2D eigenvalue weighted by Crippen LogP contribution is 2.27. The summed E-state index contributed by atoms with van der Waals surface area (Å²) in [6.45, 7) is 5.15. The van der Waals surface area contributed by atoms with Crippen LogP contribution in [-0.2, 0) is 4.74 Å². The molecule has 1 aromatic rings. The highest BCUT2D eigenvalue weighted by atomic mass is 79.9. The van der Waals surface area contributed by atoms with Gasteiger partial charge in [-0.25, -0.2) is 4.39 Å². The molecule has 2 unspecified atom stereocenters. The molecular formula is C14H19BrFNO. The molecule has 0 spiro atoms. The summed E-state index contributed by atoms with van der Waals surface area (Å²) in [5.74, 6) is 0.311. The Balaban J connectivity index is 2.00. The normalized spacial score (nSPS) is 24.3. The van der Waals surface area contributed by atoms with E-state index in [1.165, 1.54) is 12.1 Å². The van der Waals surface area contributed by atoms with Crippen molar-refractivity contribution in [3.8, 4) is 0 Å². The Morgan fingerprint density at radius 3 is 2.89 bits per heavy atom. The molecule has 1 aromatic carbocycles. The van der Waals surface area contributed by atoms with Gasteiger partial charge < -0.3 is 10.1 Å². The number of hydrogen-bond donors (Lipinski definition) is 1. The number of anilines is 1. The van der Waals surface area contributed by atoms with Crippen molar-refractivity contribution < 1.29 is 9.13 Å². The summed E-state index contributed by atoms with van der Waals surface area (Å²) in [5, 5.41) is 3.47. The van der Waals surface area contributed by atoms with Gasteiger partial charge in [0.05, 0.1) is 6.10 Å². The lowest BCUT2D eigenvalue weighted by atomic mass is 9.95. The Labute approximate surface area is 116 Å². The quantitative estimate of drug-likeness (QED) is 0.902. The van der Waals surface area contributed by atoms with E-state index in [1.54, 1.807) is 6.07 Å². The van der Waals surface area contributed by atoms with Gasteiger partial charge in [0.2, 0.25) is 0 Å². The number of nitrogens with one attached hydrogen (secondary N) is 1. The molecule has 1 heterocycles. The Hall–Kier alpha value is -0.610. The van der Waals surface area contributed by atoms with Crippen LogP contribution in [0.4, 0.5) is 10.1 Å². The maximum absolute atomic E-state index is 13.0. The Morgan fingerprint density at radius 2 is 2.22 bits per heavy atom. The summed E-state index contributed by atoms with van der Waals surface area (Å²) >= 11 is 3.38. The van der Waals surface area contributed by atoms with Gasteiger partial charge >= 0.3 is 0 Å². The second-order valence-electron chi connectivity index (χ2n) is 5.14. The van der Waals surface area contributed by atoms with Gasteiger partial charge in [0.15, 0.2) is 0 Å². The minimum Gasteiger partial charge on any atom is -0.381 e. The van der Waals surface area contributed by atoms with Gasteiger partial charge in [-0.05, 0) is 52.9 Å². The number of hydrogen-bond acceptors (Lipinski definition) is 2. The van der Waals surface area contributed by atoms with Crippen molar-refractivity contribution in [2.45, 2.75) is 38.8 Å². The van der Waals surface area contributed by atoms with Crippen LogP contribution in [0.2, 0.25) is 0 Å². The summed E-state index contributed by atoms with van der Waals surface area (Å²) in [6, 6.07) is 5.14. The molecule has 2 nitrogen and oxygen atoms in total. The average molecular weight is 316 g/mol. The van der Waals surface area contributed by atoms with Crippen molar-refractivity contribution >= 4 is 21.6 Å². The standard InChI is InChI=1S/C14H19BrFNO/c1-9(2)14-8-11(5-6-18-14)17-13-4-3-10(16)7-12(13)15/h3-4,7,9,11,14,17H,5-6,8H2,1-2H3. The van der Waals surface area contributed by atoms with Gasteiger partial charge in [0, 0.05) is 22.8 Å². The Morgan fingerprint density at radius 1 is 1.44 bits per heavy atom. The van der Waals surface area contributed by atoms with Gasteiger partial charge in [-0.1, -0.05) is 13.8 Å². The molecule has 0 bridgehead atoms. The number of rotatable bonds is 3. The SMILES string of the molecule is CC(C)C1CC(Nc2ccc(F)cc2Br)CCO1. The van der Waals surface area contributed by atoms with E-state index in [2.05, 4.69) is 35.1 Å². The third kappa shape index (κ3) is 3.45. The third-order valence-corrected chi connectivity index (χ3v) is 4.01. The van der Waals surface area contributed by atoms with Gasteiger partial charge in [-0.2, -0.15) is 0 Å². The van der Waals surface area contributed by atoms with E-state index < -0.39 is 0 Å². The summed E-state index contributed by atoms with van der Waals surface area (Å²) in [6.07, 6.45) is 2.31. The summed E-state index contributed by atoms with van der Waals surface area (Å²) in [4.78, 5) is 0. The number of ether oxygens (including phenoxy) is 1. The van der Waals surface area contributed by atoms with Crippen LogP contribution in [0.1, 0.15) is 26.7 Å².